The van der Waals surface area contributed by atoms with Gasteiger partial charge in [0.15, 0.2) is 0 Å². The molecule has 0 aromatic heterocycles. The third kappa shape index (κ3) is 3.57. The Morgan fingerprint density at radius 3 is 2.64 bits per heavy atom. The fourth-order valence-electron chi connectivity index (χ4n) is 1.57. The summed E-state index contributed by atoms with van der Waals surface area (Å²) in [6, 6.07) is 0. The van der Waals surface area contributed by atoms with Crippen LogP contribution in [-0.2, 0) is 0 Å². The van der Waals surface area contributed by atoms with E-state index >= 15 is 0 Å². The summed E-state index contributed by atoms with van der Waals surface area (Å²) < 4.78 is 0. The third-order valence-electron chi connectivity index (χ3n) is 2.28. The zero-order valence-electron chi connectivity index (χ0n) is 7.53. The normalized spacial score (nSPS) is 18.5. The van der Waals surface area contributed by atoms with Gasteiger partial charge in [0.1, 0.15) is 0 Å². The van der Waals surface area contributed by atoms with Crippen LogP contribution in [0.5, 0.6) is 0 Å². The summed E-state index contributed by atoms with van der Waals surface area (Å²) in [5.74, 6) is 0. The zero-order valence-corrected chi connectivity index (χ0v) is 7.53. The van der Waals surface area contributed by atoms with Crippen LogP contribution in [0.4, 0.5) is 0 Å². The molecule has 0 unspecified atom stereocenters. The second kappa shape index (κ2) is 5.36. The molecule has 1 nitrogen and oxygen atoms in total. The average molecular weight is 153 g/mol. The zero-order chi connectivity index (χ0) is 7.94. The molecule has 0 aromatic rings. The van der Waals surface area contributed by atoms with Gasteiger partial charge >= 0.3 is 0 Å². The second-order valence-corrected chi connectivity index (χ2v) is 3.23. The first kappa shape index (κ1) is 8.79. The van der Waals surface area contributed by atoms with Gasteiger partial charge in [0.05, 0.1) is 0 Å². The van der Waals surface area contributed by atoms with Crippen LogP contribution in [-0.4, -0.2) is 13.1 Å². The Labute approximate surface area is 69.9 Å². The molecule has 0 bridgehead atoms. The van der Waals surface area contributed by atoms with Crippen LogP contribution >= 0.6 is 0 Å². The van der Waals surface area contributed by atoms with Crippen molar-refractivity contribution in [2.24, 2.45) is 0 Å². The van der Waals surface area contributed by atoms with Crippen LogP contribution in [0.15, 0.2) is 11.6 Å². The van der Waals surface area contributed by atoms with Gasteiger partial charge in [-0.05, 0) is 32.2 Å². The van der Waals surface area contributed by atoms with Crippen molar-refractivity contribution in [1.82, 2.24) is 5.32 Å². The van der Waals surface area contributed by atoms with E-state index in [9.17, 15) is 0 Å². The SMILES string of the molecule is CCNCC=C1CCCCC1. The Bertz CT molecular complexity index is 119. The Hall–Kier alpha value is -0.300. The van der Waals surface area contributed by atoms with Crippen molar-refractivity contribution >= 4 is 0 Å². The molecule has 1 saturated carbocycles. The van der Waals surface area contributed by atoms with Crippen molar-refractivity contribution < 1.29 is 0 Å². The van der Waals surface area contributed by atoms with Crippen LogP contribution in [0, 0.1) is 0 Å². The van der Waals surface area contributed by atoms with Gasteiger partial charge in [-0.2, -0.15) is 0 Å². The number of allylic oxidation sites excluding steroid dienone is 1. The Kier molecular flexibility index (Phi) is 4.29. The van der Waals surface area contributed by atoms with Crippen molar-refractivity contribution in [2.45, 2.75) is 39.0 Å². The molecule has 1 heteroatoms. The highest BCUT2D eigenvalue weighted by molar-refractivity contribution is 5.04. The van der Waals surface area contributed by atoms with Gasteiger partial charge in [0.2, 0.25) is 0 Å². The molecule has 0 heterocycles. The lowest BCUT2D eigenvalue weighted by Gasteiger charge is -2.13. The maximum Gasteiger partial charge on any atom is 0.0137 e. The van der Waals surface area contributed by atoms with E-state index in [1.165, 1.54) is 32.1 Å². The molecule has 11 heavy (non-hydrogen) atoms. The summed E-state index contributed by atoms with van der Waals surface area (Å²) in [4.78, 5) is 0. The summed E-state index contributed by atoms with van der Waals surface area (Å²) in [7, 11) is 0. The summed E-state index contributed by atoms with van der Waals surface area (Å²) in [6.07, 6.45) is 9.36. The predicted octanol–water partition coefficient (Wildman–Crippen LogP) is 2.49. The second-order valence-electron chi connectivity index (χ2n) is 3.23. The smallest absolute Gasteiger partial charge is 0.0137 e. The van der Waals surface area contributed by atoms with Gasteiger partial charge in [-0.1, -0.05) is 25.0 Å². The molecule has 0 aliphatic heterocycles. The van der Waals surface area contributed by atoms with Crippen LogP contribution in [0.2, 0.25) is 0 Å². The minimum atomic E-state index is 1.08. The first-order valence-corrected chi connectivity index (χ1v) is 4.82. The molecular weight excluding hydrogens is 134 g/mol. The van der Waals surface area contributed by atoms with E-state index in [0.717, 1.165) is 13.1 Å². The maximum atomic E-state index is 3.32. The molecule has 1 aliphatic rings. The molecule has 1 rings (SSSR count). The van der Waals surface area contributed by atoms with E-state index in [-0.39, 0.29) is 0 Å². The molecule has 0 atom stereocenters. The Morgan fingerprint density at radius 2 is 2.00 bits per heavy atom. The fraction of sp³-hybridized carbons (Fsp3) is 0.800. The van der Waals surface area contributed by atoms with Gasteiger partial charge < -0.3 is 5.32 Å². The summed E-state index contributed by atoms with van der Waals surface area (Å²) >= 11 is 0. The summed E-state index contributed by atoms with van der Waals surface area (Å²) in [5.41, 5.74) is 1.68. The topological polar surface area (TPSA) is 12.0 Å². The predicted molar refractivity (Wildman–Crippen MR) is 49.7 cm³/mol. The van der Waals surface area contributed by atoms with Crippen LogP contribution in [0.25, 0.3) is 0 Å². The standard InChI is InChI=1S/C10H19N/c1-2-11-9-8-10-6-4-3-5-7-10/h8,11H,2-7,9H2,1H3. The Morgan fingerprint density at radius 1 is 1.27 bits per heavy atom. The van der Waals surface area contributed by atoms with Crippen LogP contribution in [0.3, 0.4) is 0 Å². The van der Waals surface area contributed by atoms with Crippen LogP contribution in [0.1, 0.15) is 39.0 Å². The quantitative estimate of drug-likeness (QED) is 0.485. The molecule has 0 aromatic carbocycles. The van der Waals surface area contributed by atoms with Crippen molar-refractivity contribution in [3.63, 3.8) is 0 Å². The lowest BCUT2D eigenvalue weighted by molar-refractivity contribution is 0.595. The largest absolute Gasteiger partial charge is 0.314 e. The average Bonchev–Trinajstić information content (AvgIpc) is 2.07. The van der Waals surface area contributed by atoms with E-state index in [0.29, 0.717) is 0 Å². The number of rotatable bonds is 3. The van der Waals surface area contributed by atoms with E-state index in [4.69, 9.17) is 0 Å². The lowest BCUT2D eigenvalue weighted by Crippen LogP contribution is -2.12. The first-order chi connectivity index (χ1) is 5.43. The molecule has 0 radical (unpaired) electrons. The van der Waals surface area contributed by atoms with Gasteiger partial charge in [-0.3, -0.25) is 0 Å². The molecule has 64 valence electrons. The fourth-order valence-corrected chi connectivity index (χ4v) is 1.57. The van der Waals surface area contributed by atoms with E-state index in [1.54, 1.807) is 5.57 Å². The van der Waals surface area contributed by atoms with Crippen molar-refractivity contribution in [1.29, 1.82) is 0 Å². The lowest BCUT2D eigenvalue weighted by atomic mass is 9.95. The van der Waals surface area contributed by atoms with E-state index < -0.39 is 0 Å². The monoisotopic (exact) mass is 153 g/mol. The highest BCUT2D eigenvalue weighted by atomic mass is 14.8. The highest BCUT2D eigenvalue weighted by Gasteiger charge is 2.03. The van der Waals surface area contributed by atoms with Crippen LogP contribution < -0.4 is 5.32 Å². The van der Waals surface area contributed by atoms with E-state index in [2.05, 4.69) is 18.3 Å². The third-order valence-corrected chi connectivity index (χ3v) is 2.28. The van der Waals surface area contributed by atoms with Gasteiger partial charge in [0, 0.05) is 6.54 Å². The first-order valence-electron chi connectivity index (χ1n) is 4.82. The molecule has 1 N–H and O–H groups in total. The van der Waals surface area contributed by atoms with E-state index in [1.807, 2.05) is 0 Å². The molecule has 0 amide bonds. The molecule has 1 fully saturated rings. The molecule has 1 aliphatic carbocycles. The molecular formula is C10H19N. The van der Waals surface area contributed by atoms with Crippen molar-refractivity contribution in [3.8, 4) is 0 Å². The minimum absolute atomic E-state index is 1.08. The number of likely N-dealkylation sites (N-methyl/N-ethyl adjacent to an activating group) is 1. The van der Waals surface area contributed by atoms with Crippen molar-refractivity contribution in [3.05, 3.63) is 11.6 Å². The van der Waals surface area contributed by atoms with Gasteiger partial charge in [-0.25, -0.2) is 0 Å². The maximum absolute atomic E-state index is 3.32. The number of nitrogens with one attached hydrogen (secondary N) is 1. The molecule has 0 saturated heterocycles. The van der Waals surface area contributed by atoms with Gasteiger partial charge in [-0.15, -0.1) is 0 Å². The summed E-state index contributed by atoms with van der Waals surface area (Å²) in [5, 5.41) is 3.32. The summed E-state index contributed by atoms with van der Waals surface area (Å²) in [6.45, 7) is 4.31. The number of hydrogen-bond acceptors (Lipinski definition) is 1. The van der Waals surface area contributed by atoms with Gasteiger partial charge in [0.25, 0.3) is 0 Å². The van der Waals surface area contributed by atoms with Crippen molar-refractivity contribution in [2.75, 3.05) is 13.1 Å². The minimum Gasteiger partial charge on any atom is -0.314 e. The molecule has 0 spiro atoms. The highest BCUT2D eigenvalue weighted by Crippen LogP contribution is 2.21. The number of hydrogen-bond donors (Lipinski definition) is 1. The Balaban J connectivity index is 2.15.